The first-order valence-electron chi connectivity index (χ1n) is 11.8. The van der Waals surface area contributed by atoms with E-state index in [-0.39, 0.29) is 10.7 Å². The lowest BCUT2D eigenvalue weighted by Crippen LogP contribution is -2.40. The molecule has 0 bridgehead atoms. The van der Waals surface area contributed by atoms with E-state index in [2.05, 4.69) is 35.6 Å². The highest BCUT2D eigenvalue weighted by molar-refractivity contribution is 6.30. The van der Waals surface area contributed by atoms with E-state index in [1.165, 1.54) is 6.07 Å². The molecule has 1 atom stereocenters. The van der Waals surface area contributed by atoms with E-state index < -0.39 is 16.8 Å². The van der Waals surface area contributed by atoms with E-state index in [1.54, 1.807) is 24.3 Å². The Kier molecular flexibility index (Phi) is 5.75. The summed E-state index contributed by atoms with van der Waals surface area (Å²) in [5.74, 6) is 0.845. The van der Waals surface area contributed by atoms with Crippen LogP contribution in [0.3, 0.4) is 0 Å². The van der Waals surface area contributed by atoms with Crippen LogP contribution in [0.1, 0.15) is 28.7 Å². The lowest BCUT2D eigenvalue weighted by Gasteiger charge is -2.43. The number of furan rings is 1. The van der Waals surface area contributed by atoms with E-state index in [0.29, 0.717) is 17.1 Å². The van der Waals surface area contributed by atoms with Crippen LogP contribution in [0, 0.1) is 10.1 Å². The third kappa shape index (κ3) is 3.96. The van der Waals surface area contributed by atoms with Gasteiger partial charge in [0, 0.05) is 22.3 Å². The second-order valence-corrected chi connectivity index (χ2v) is 9.16. The number of ether oxygens (including phenoxy) is 1. The van der Waals surface area contributed by atoms with Gasteiger partial charge < -0.3 is 14.5 Å². The Hall–Kier alpha value is -4.39. The minimum Gasteiger partial charge on any atom is -0.456 e. The van der Waals surface area contributed by atoms with Crippen LogP contribution >= 0.6 is 11.6 Å². The van der Waals surface area contributed by atoms with Crippen LogP contribution in [-0.2, 0) is 10.3 Å². The fourth-order valence-corrected chi connectivity index (χ4v) is 5.08. The summed E-state index contributed by atoms with van der Waals surface area (Å²) in [5, 5.41) is 15.4. The quantitative estimate of drug-likeness (QED) is 0.192. The molecule has 0 spiro atoms. The number of hydrogen-bond donors (Lipinski definition) is 1. The lowest BCUT2D eigenvalue weighted by atomic mass is 9.78. The van der Waals surface area contributed by atoms with E-state index in [1.807, 2.05) is 54.6 Å². The molecule has 1 aromatic heterocycles. The molecule has 0 aliphatic carbocycles. The van der Waals surface area contributed by atoms with Crippen molar-refractivity contribution in [2.75, 3.05) is 5.32 Å². The van der Waals surface area contributed by atoms with Gasteiger partial charge in [-0.3, -0.25) is 10.1 Å². The van der Waals surface area contributed by atoms with Crippen molar-refractivity contribution in [3.8, 4) is 11.3 Å². The highest BCUT2D eigenvalue weighted by atomic mass is 35.5. The molecule has 0 saturated heterocycles. The summed E-state index contributed by atoms with van der Waals surface area (Å²) in [6.45, 7) is 0. The highest BCUT2D eigenvalue weighted by Crippen LogP contribution is 2.50. The van der Waals surface area contributed by atoms with Gasteiger partial charge in [-0.2, -0.15) is 0 Å². The lowest BCUT2D eigenvalue weighted by molar-refractivity contribution is -0.384. The van der Waals surface area contributed by atoms with E-state index >= 15 is 0 Å². The number of nitro groups is 1. The maximum Gasteiger partial charge on any atom is 0.281 e. The Morgan fingerprint density at radius 2 is 1.46 bits per heavy atom. The Balaban J connectivity index is 1.50. The summed E-state index contributed by atoms with van der Waals surface area (Å²) in [5.41, 5.74) is 3.12. The Morgan fingerprint density at radius 3 is 2.14 bits per heavy atom. The monoisotopic (exact) mass is 508 g/mol. The molecular formula is C30H21ClN2O4. The molecule has 0 radical (unpaired) electrons. The van der Waals surface area contributed by atoms with E-state index in [4.69, 9.17) is 20.8 Å². The second-order valence-electron chi connectivity index (χ2n) is 8.72. The summed E-state index contributed by atoms with van der Waals surface area (Å²) in [7, 11) is 0. The molecular weight excluding hydrogens is 488 g/mol. The number of halogens is 1. The van der Waals surface area contributed by atoms with Gasteiger partial charge >= 0.3 is 0 Å². The van der Waals surface area contributed by atoms with Crippen LogP contribution in [0.25, 0.3) is 11.3 Å². The molecule has 4 aromatic carbocycles. The molecule has 6 rings (SSSR count). The van der Waals surface area contributed by atoms with Gasteiger partial charge in [0.15, 0.2) is 12.0 Å². The van der Waals surface area contributed by atoms with Crippen molar-refractivity contribution in [1.82, 2.24) is 0 Å². The van der Waals surface area contributed by atoms with Gasteiger partial charge in [-0.1, -0.05) is 90.5 Å². The van der Waals surface area contributed by atoms with Gasteiger partial charge in [0.25, 0.3) is 5.69 Å². The number of rotatable bonds is 5. The Bertz CT molecular complexity index is 1540. The average Bonchev–Trinajstić information content (AvgIpc) is 3.43. The standard InChI is InChI=1S/C30H21ClN2O4/c31-22-15-16-23(26(19-22)33(34)35)27-17-18-28(36-27)29-32-25-14-8-7-13-24(25)30(37-29,20-9-3-1-4-10-20)21-11-5-2-6-12-21/h1-19,29,32H/t29-/m1/s1. The van der Waals surface area contributed by atoms with Crippen molar-refractivity contribution in [2.45, 2.75) is 11.8 Å². The Labute approximate surface area is 218 Å². The second kappa shape index (κ2) is 9.24. The predicted molar refractivity (Wildman–Crippen MR) is 142 cm³/mol. The normalized spacial score (nSPS) is 16.0. The summed E-state index contributed by atoms with van der Waals surface area (Å²) in [6, 6.07) is 36.2. The van der Waals surface area contributed by atoms with Gasteiger partial charge in [-0.15, -0.1) is 0 Å². The van der Waals surface area contributed by atoms with Crippen LogP contribution in [0.4, 0.5) is 11.4 Å². The topological polar surface area (TPSA) is 77.5 Å². The summed E-state index contributed by atoms with van der Waals surface area (Å²) < 4.78 is 13.1. The van der Waals surface area contributed by atoms with Crippen LogP contribution in [0.15, 0.2) is 120 Å². The maximum absolute atomic E-state index is 11.7. The van der Waals surface area contributed by atoms with Crippen LogP contribution < -0.4 is 5.32 Å². The summed E-state index contributed by atoms with van der Waals surface area (Å²) in [6.07, 6.45) is -0.671. The van der Waals surface area contributed by atoms with Crippen LogP contribution in [-0.4, -0.2) is 4.92 Å². The molecule has 6 nitrogen and oxygen atoms in total. The molecule has 0 fully saturated rings. The average molecular weight is 509 g/mol. The Morgan fingerprint density at radius 1 is 0.811 bits per heavy atom. The van der Waals surface area contributed by atoms with Crippen molar-refractivity contribution in [3.05, 3.63) is 153 Å². The third-order valence-corrected chi connectivity index (χ3v) is 6.79. The van der Waals surface area contributed by atoms with Gasteiger partial charge in [0.1, 0.15) is 11.4 Å². The third-order valence-electron chi connectivity index (χ3n) is 6.56. The first kappa shape index (κ1) is 23.0. The zero-order chi connectivity index (χ0) is 25.4. The van der Waals surface area contributed by atoms with E-state index in [9.17, 15) is 10.1 Å². The predicted octanol–water partition coefficient (Wildman–Crippen LogP) is 7.94. The summed E-state index contributed by atoms with van der Waals surface area (Å²) in [4.78, 5) is 11.2. The number of nitrogens with zero attached hydrogens (tertiary/aromatic N) is 1. The molecule has 1 aliphatic heterocycles. The smallest absolute Gasteiger partial charge is 0.281 e. The van der Waals surface area contributed by atoms with Crippen molar-refractivity contribution in [2.24, 2.45) is 0 Å². The fraction of sp³-hybridized carbons (Fsp3) is 0.0667. The summed E-state index contributed by atoms with van der Waals surface area (Å²) >= 11 is 6.01. The highest BCUT2D eigenvalue weighted by Gasteiger charge is 2.45. The maximum atomic E-state index is 11.7. The van der Waals surface area contributed by atoms with Crippen molar-refractivity contribution >= 4 is 23.0 Å². The molecule has 182 valence electrons. The van der Waals surface area contributed by atoms with Crippen LogP contribution in [0.2, 0.25) is 5.02 Å². The minimum absolute atomic E-state index is 0.126. The largest absolute Gasteiger partial charge is 0.456 e. The number of benzene rings is 4. The van der Waals surface area contributed by atoms with E-state index in [0.717, 1.165) is 22.4 Å². The first-order chi connectivity index (χ1) is 18.1. The zero-order valence-corrected chi connectivity index (χ0v) is 20.3. The molecule has 1 aliphatic rings. The molecule has 7 heteroatoms. The number of nitro benzene ring substituents is 1. The number of anilines is 1. The molecule has 37 heavy (non-hydrogen) atoms. The van der Waals surface area contributed by atoms with Gasteiger partial charge in [-0.25, -0.2) is 0 Å². The number of para-hydroxylation sites is 1. The van der Waals surface area contributed by atoms with Gasteiger partial charge in [-0.05, 0) is 41.5 Å². The molecule has 0 saturated carbocycles. The number of nitrogens with one attached hydrogen (secondary N) is 1. The molecule has 2 heterocycles. The number of hydrogen-bond acceptors (Lipinski definition) is 5. The van der Waals surface area contributed by atoms with Crippen LogP contribution in [0.5, 0.6) is 0 Å². The minimum atomic E-state index is -0.922. The molecule has 1 N–H and O–H groups in total. The molecule has 0 unspecified atom stereocenters. The first-order valence-corrected chi connectivity index (χ1v) is 12.1. The van der Waals surface area contributed by atoms with Crippen molar-refractivity contribution < 1.29 is 14.1 Å². The molecule has 5 aromatic rings. The molecule has 0 amide bonds. The van der Waals surface area contributed by atoms with Crippen molar-refractivity contribution in [3.63, 3.8) is 0 Å². The SMILES string of the molecule is O=[N+]([O-])c1cc(Cl)ccc1-c1ccc([C@@H]2Nc3ccccc3C(c3ccccc3)(c3ccccc3)O2)o1. The van der Waals surface area contributed by atoms with Gasteiger partial charge in [0.05, 0.1) is 10.5 Å². The van der Waals surface area contributed by atoms with Crippen molar-refractivity contribution in [1.29, 1.82) is 0 Å². The fourth-order valence-electron chi connectivity index (χ4n) is 4.92. The zero-order valence-electron chi connectivity index (χ0n) is 19.5. The number of fused-ring (bicyclic) bond motifs is 1. The van der Waals surface area contributed by atoms with Gasteiger partial charge in [0.2, 0.25) is 0 Å².